The molecule has 0 radical (unpaired) electrons. The molecular formula is C75H146O17P2. The van der Waals surface area contributed by atoms with Gasteiger partial charge in [0.05, 0.1) is 26.4 Å². The molecule has 0 amide bonds. The van der Waals surface area contributed by atoms with Crippen LogP contribution in [0, 0.1) is 0 Å². The molecule has 0 aliphatic carbocycles. The first-order valence-electron chi connectivity index (χ1n) is 39.3. The lowest BCUT2D eigenvalue weighted by Crippen LogP contribution is -2.30. The van der Waals surface area contributed by atoms with E-state index in [-0.39, 0.29) is 25.7 Å². The summed E-state index contributed by atoms with van der Waals surface area (Å²) in [7, 11) is -9.89. The molecule has 558 valence electrons. The van der Waals surface area contributed by atoms with Crippen molar-refractivity contribution in [1.29, 1.82) is 0 Å². The Labute approximate surface area is 575 Å². The number of phosphoric ester groups is 2. The average molecular weight is 1380 g/mol. The lowest BCUT2D eigenvalue weighted by molar-refractivity contribution is -0.161. The molecule has 5 atom stereocenters. The number of carbonyl (C=O) groups excluding carboxylic acids is 4. The quantitative estimate of drug-likeness (QED) is 0.0222. The maximum absolute atomic E-state index is 13.1. The molecule has 0 fully saturated rings. The number of aliphatic hydroxyl groups excluding tert-OH is 1. The minimum Gasteiger partial charge on any atom is -0.462 e. The summed E-state index contributed by atoms with van der Waals surface area (Å²) in [5, 5.41) is 10.6. The summed E-state index contributed by atoms with van der Waals surface area (Å²) in [5.74, 6) is -2.13. The molecule has 0 aromatic heterocycles. The SMILES string of the molecule is CCCCCCCCCCCCCCCCCCCCCCC(=O)O[C@H](COC(=O)CCCCCCCCCCCCCCCCCCCCC)COP(=O)(O)OC[C@@H](O)COP(=O)(O)OC[C@@H](COC(=O)CCCCCCC)OC(=O)CCCCCCCCCCCC. The predicted octanol–water partition coefficient (Wildman–Crippen LogP) is 22.2. The van der Waals surface area contributed by atoms with Crippen molar-refractivity contribution in [3.05, 3.63) is 0 Å². The van der Waals surface area contributed by atoms with Crippen LogP contribution in [-0.2, 0) is 65.4 Å². The fraction of sp³-hybridized carbons (Fsp3) is 0.947. The van der Waals surface area contributed by atoms with E-state index in [1.54, 1.807) is 0 Å². The van der Waals surface area contributed by atoms with Crippen LogP contribution in [0.2, 0.25) is 0 Å². The van der Waals surface area contributed by atoms with Crippen LogP contribution >= 0.6 is 15.6 Å². The van der Waals surface area contributed by atoms with Gasteiger partial charge in [-0.25, -0.2) is 9.13 Å². The van der Waals surface area contributed by atoms with Crippen LogP contribution in [0.5, 0.6) is 0 Å². The van der Waals surface area contributed by atoms with E-state index in [0.29, 0.717) is 25.7 Å². The standard InChI is InChI=1S/C75H146O17P2/c1-5-9-13-17-20-23-26-28-30-32-34-36-38-40-42-44-47-50-54-58-62-75(80)92-71(66-86-73(78)60-56-52-48-46-43-41-39-37-35-33-31-29-27-24-21-18-14-10-6-2)68-90-94(83,84)88-64-69(76)63-87-93(81,82)89-67-70(65-85-72(77)59-55-51-16-12-8-4)91-74(79)61-57-53-49-45-25-22-19-15-11-7-3/h69-71,76H,5-68H2,1-4H3,(H,81,82)(H,83,84)/t69-,70+,71+/m0/s1. The Morgan fingerprint density at radius 2 is 0.426 bits per heavy atom. The predicted molar refractivity (Wildman–Crippen MR) is 382 cm³/mol. The van der Waals surface area contributed by atoms with Gasteiger partial charge in [0.1, 0.15) is 19.3 Å². The number of phosphoric acid groups is 2. The minimum atomic E-state index is -4.95. The van der Waals surface area contributed by atoms with Gasteiger partial charge in [-0.2, -0.15) is 0 Å². The molecule has 0 saturated carbocycles. The van der Waals surface area contributed by atoms with Crippen molar-refractivity contribution >= 4 is 39.5 Å². The highest BCUT2D eigenvalue weighted by Crippen LogP contribution is 2.45. The molecule has 0 bridgehead atoms. The zero-order valence-electron chi connectivity index (χ0n) is 60.9. The molecule has 0 spiro atoms. The van der Waals surface area contributed by atoms with Gasteiger partial charge in [-0.3, -0.25) is 37.3 Å². The lowest BCUT2D eigenvalue weighted by atomic mass is 10.0. The van der Waals surface area contributed by atoms with Gasteiger partial charge >= 0.3 is 39.5 Å². The van der Waals surface area contributed by atoms with Crippen molar-refractivity contribution in [3.8, 4) is 0 Å². The van der Waals surface area contributed by atoms with E-state index in [9.17, 15) is 43.2 Å². The number of ether oxygens (including phenoxy) is 4. The van der Waals surface area contributed by atoms with E-state index < -0.39 is 97.5 Å². The molecule has 0 aromatic carbocycles. The second kappa shape index (κ2) is 69.5. The van der Waals surface area contributed by atoms with Crippen LogP contribution in [0.15, 0.2) is 0 Å². The molecule has 17 nitrogen and oxygen atoms in total. The second-order valence-electron chi connectivity index (χ2n) is 27.0. The Morgan fingerprint density at radius 1 is 0.255 bits per heavy atom. The summed E-state index contributed by atoms with van der Waals surface area (Å²) in [6, 6.07) is 0. The van der Waals surface area contributed by atoms with Gasteiger partial charge in [0.15, 0.2) is 12.2 Å². The van der Waals surface area contributed by atoms with Gasteiger partial charge in [0.25, 0.3) is 0 Å². The monoisotopic (exact) mass is 1380 g/mol. The van der Waals surface area contributed by atoms with Crippen molar-refractivity contribution < 1.29 is 80.2 Å². The van der Waals surface area contributed by atoms with E-state index in [1.165, 1.54) is 225 Å². The van der Waals surface area contributed by atoms with Crippen molar-refractivity contribution in [3.63, 3.8) is 0 Å². The largest absolute Gasteiger partial charge is 0.472 e. The first kappa shape index (κ1) is 92.1. The van der Waals surface area contributed by atoms with Crippen molar-refractivity contribution in [1.82, 2.24) is 0 Å². The van der Waals surface area contributed by atoms with Gasteiger partial charge in [-0.15, -0.1) is 0 Å². The Balaban J connectivity index is 5.10. The third kappa shape index (κ3) is 68.6. The fourth-order valence-corrected chi connectivity index (χ4v) is 13.2. The summed E-state index contributed by atoms with van der Waals surface area (Å²) in [5.41, 5.74) is 0. The summed E-state index contributed by atoms with van der Waals surface area (Å²) in [4.78, 5) is 72.4. The molecule has 0 aliphatic heterocycles. The minimum absolute atomic E-state index is 0.106. The summed E-state index contributed by atoms with van der Waals surface area (Å²) in [6.07, 6.45) is 60.3. The van der Waals surface area contributed by atoms with Gasteiger partial charge in [0, 0.05) is 25.7 Å². The number of carbonyl (C=O) groups is 4. The number of esters is 4. The third-order valence-corrected chi connectivity index (χ3v) is 19.5. The van der Waals surface area contributed by atoms with E-state index in [2.05, 4.69) is 27.7 Å². The fourth-order valence-electron chi connectivity index (χ4n) is 11.6. The summed E-state index contributed by atoms with van der Waals surface area (Å²) < 4.78 is 68.2. The van der Waals surface area contributed by atoms with Gasteiger partial charge in [0.2, 0.25) is 0 Å². The maximum atomic E-state index is 13.1. The molecule has 0 heterocycles. The Bertz CT molecular complexity index is 1790. The molecule has 94 heavy (non-hydrogen) atoms. The average Bonchev–Trinajstić information content (AvgIpc) is 1.54. The van der Waals surface area contributed by atoms with Gasteiger partial charge < -0.3 is 33.8 Å². The summed E-state index contributed by atoms with van der Waals surface area (Å²) in [6.45, 7) is 4.88. The lowest BCUT2D eigenvalue weighted by Gasteiger charge is -2.21. The topological polar surface area (TPSA) is 237 Å². The number of hydrogen-bond acceptors (Lipinski definition) is 15. The molecule has 3 N–H and O–H groups in total. The molecule has 0 saturated heterocycles. The highest BCUT2D eigenvalue weighted by atomic mass is 31.2. The number of hydrogen-bond donors (Lipinski definition) is 3. The normalized spacial score (nSPS) is 13.9. The Kier molecular flexibility index (Phi) is 68.1. The van der Waals surface area contributed by atoms with Crippen molar-refractivity contribution in [2.75, 3.05) is 39.6 Å². The first-order chi connectivity index (χ1) is 45.7. The van der Waals surface area contributed by atoms with Gasteiger partial charge in [-0.1, -0.05) is 349 Å². The van der Waals surface area contributed by atoms with E-state index >= 15 is 0 Å². The van der Waals surface area contributed by atoms with Crippen LogP contribution < -0.4 is 0 Å². The highest BCUT2D eigenvalue weighted by Gasteiger charge is 2.30. The van der Waals surface area contributed by atoms with E-state index in [0.717, 1.165) is 96.3 Å². The number of aliphatic hydroxyl groups is 1. The zero-order valence-corrected chi connectivity index (χ0v) is 62.7. The Hall–Kier alpha value is -1.94. The van der Waals surface area contributed by atoms with Crippen molar-refractivity contribution in [2.24, 2.45) is 0 Å². The van der Waals surface area contributed by atoms with E-state index in [1.807, 2.05) is 0 Å². The maximum Gasteiger partial charge on any atom is 0.472 e. The van der Waals surface area contributed by atoms with Crippen LogP contribution in [-0.4, -0.2) is 96.7 Å². The smallest absolute Gasteiger partial charge is 0.462 e. The van der Waals surface area contributed by atoms with Gasteiger partial charge in [-0.05, 0) is 25.7 Å². The molecule has 2 unspecified atom stereocenters. The van der Waals surface area contributed by atoms with E-state index in [4.69, 9.17) is 37.0 Å². The van der Waals surface area contributed by atoms with Crippen LogP contribution in [0.3, 0.4) is 0 Å². The molecule has 0 aromatic rings. The molecule has 19 heteroatoms. The van der Waals surface area contributed by atoms with Crippen LogP contribution in [0.4, 0.5) is 0 Å². The summed E-state index contributed by atoms with van der Waals surface area (Å²) >= 11 is 0. The van der Waals surface area contributed by atoms with Crippen LogP contribution in [0.25, 0.3) is 0 Å². The molecule has 0 rings (SSSR count). The second-order valence-corrected chi connectivity index (χ2v) is 29.9. The number of rotatable bonds is 76. The van der Waals surface area contributed by atoms with Crippen LogP contribution in [0.1, 0.15) is 400 Å². The highest BCUT2D eigenvalue weighted by molar-refractivity contribution is 7.47. The molecule has 0 aliphatic rings. The number of unbranched alkanes of at least 4 members (excludes halogenated alkanes) is 50. The third-order valence-electron chi connectivity index (χ3n) is 17.6. The Morgan fingerprint density at radius 3 is 0.628 bits per heavy atom. The molecular weight excluding hydrogens is 1230 g/mol. The first-order valence-corrected chi connectivity index (χ1v) is 42.3. The van der Waals surface area contributed by atoms with Crippen molar-refractivity contribution in [2.45, 2.75) is 418 Å². The zero-order chi connectivity index (χ0) is 69.0.